The lowest BCUT2D eigenvalue weighted by Crippen LogP contribution is -2.61. The average molecular weight is 945 g/mol. The molecular weight excluding hydrogens is 861 g/mol. The largest absolute Gasteiger partial charge is 0.457 e. The van der Waals surface area contributed by atoms with E-state index in [0.717, 1.165) is 89.9 Å². The molecule has 14 heteroatoms. The number of unbranched alkanes of at least 4 members (excludes halogenated alkanes) is 4. The van der Waals surface area contributed by atoms with Gasteiger partial charge in [0.25, 0.3) is 0 Å². The highest BCUT2D eigenvalue weighted by atomic mass is 16.7. The van der Waals surface area contributed by atoms with Gasteiger partial charge in [-0.2, -0.15) is 0 Å². The molecule has 11 unspecified atom stereocenters. The van der Waals surface area contributed by atoms with Crippen LogP contribution in [0, 0.1) is 0 Å². The summed E-state index contributed by atoms with van der Waals surface area (Å²) in [6.45, 7) is 3.24. The molecular formula is C53H84O14. The number of ether oxygens (including phenoxy) is 6. The smallest absolute Gasteiger partial charge is 0.306 e. The predicted octanol–water partition coefficient (Wildman–Crippen LogP) is 6.84. The lowest BCUT2D eigenvalue weighted by molar-refractivity contribution is -0.332. The molecule has 2 fully saturated rings. The Kier molecular flexibility index (Phi) is 35.2. The average Bonchev–Trinajstić information content (AvgIpc) is 3.32. The molecule has 2 rings (SSSR count). The number of aliphatic hydroxyl groups is 7. The first-order valence-corrected chi connectivity index (χ1v) is 24.5. The van der Waals surface area contributed by atoms with Crippen LogP contribution in [0.1, 0.15) is 117 Å². The molecule has 0 radical (unpaired) electrons. The van der Waals surface area contributed by atoms with E-state index < -0.39 is 86.7 Å². The van der Waals surface area contributed by atoms with Crippen molar-refractivity contribution in [3.05, 3.63) is 109 Å². The summed E-state index contributed by atoms with van der Waals surface area (Å²) in [4.78, 5) is 13.0. The van der Waals surface area contributed by atoms with E-state index >= 15 is 0 Å². The summed E-state index contributed by atoms with van der Waals surface area (Å²) in [5.41, 5.74) is 0. The summed E-state index contributed by atoms with van der Waals surface area (Å²) >= 11 is 0. The Bertz CT molecular complexity index is 1520. The molecule has 0 saturated carbocycles. The molecule has 7 N–H and O–H groups in total. The van der Waals surface area contributed by atoms with Gasteiger partial charge < -0.3 is 64.2 Å². The van der Waals surface area contributed by atoms with Crippen molar-refractivity contribution < 1.29 is 69.0 Å². The van der Waals surface area contributed by atoms with E-state index in [1.54, 1.807) is 0 Å². The van der Waals surface area contributed by atoms with E-state index in [2.05, 4.69) is 123 Å². The van der Waals surface area contributed by atoms with Gasteiger partial charge in [0, 0.05) is 13.0 Å². The maximum atomic E-state index is 13.0. The van der Waals surface area contributed by atoms with Crippen molar-refractivity contribution in [1.82, 2.24) is 0 Å². The zero-order valence-corrected chi connectivity index (χ0v) is 40.1. The van der Waals surface area contributed by atoms with Gasteiger partial charge in [0.15, 0.2) is 12.6 Å². The lowest BCUT2D eigenvalue weighted by Gasteiger charge is -2.42. The normalized spacial score (nSPS) is 27.1. The molecule has 0 bridgehead atoms. The van der Waals surface area contributed by atoms with Crippen LogP contribution in [0.15, 0.2) is 109 Å². The molecule has 0 aromatic rings. The lowest BCUT2D eigenvalue weighted by atomic mass is 9.98. The fourth-order valence-electron chi connectivity index (χ4n) is 6.83. The molecule has 0 amide bonds. The van der Waals surface area contributed by atoms with E-state index in [4.69, 9.17) is 28.4 Å². The number of aliphatic hydroxyl groups excluding tert-OH is 7. The first-order valence-electron chi connectivity index (χ1n) is 24.5. The number of carbonyl (C=O) groups is 1. The van der Waals surface area contributed by atoms with Gasteiger partial charge >= 0.3 is 5.97 Å². The molecule has 2 heterocycles. The van der Waals surface area contributed by atoms with Gasteiger partial charge in [-0.05, 0) is 96.3 Å². The molecule has 14 nitrogen and oxygen atoms in total. The minimum absolute atomic E-state index is 0.00695. The van der Waals surface area contributed by atoms with Gasteiger partial charge in [0.1, 0.15) is 54.9 Å². The zero-order valence-electron chi connectivity index (χ0n) is 40.1. The van der Waals surface area contributed by atoms with Crippen molar-refractivity contribution in [2.24, 2.45) is 0 Å². The highest BCUT2D eigenvalue weighted by molar-refractivity contribution is 5.69. The highest BCUT2D eigenvalue weighted by Gasteiger charge is 2.47. The third-order valence-electron chi connectivity index (χ3n) is 10.8. The molecule has 0 aromatic carbocycles. The van der Waals surface area contributed by atoms with Crippen LogP contribution in [0.5, 0.6) is 0 Å². The van der Waals surface area contributed by atoms with Gasteiger partial charge in [-0.25, -0.2) is 0 Å². The highest BCUT2D eigenvalue weighted by Crippen LogP contribution is 2.26. The van der Waals surface area contributed by atoms with E-state index in [9.17, 15) is 40.5 Å². The topological polar surface area (TPSA) is 214 Å². The van der Waals surface area contributed by atoms with Crippen molar-refractivity contribution in [1.29, 1.82) is 0 Å². The van der Waals surface area contributed by atoms with Gasteiger partial charge in [0.05, 0.1) is 26.4 Å². The van der Waals surface area contributed by atoms with Crippen LogP contribution in [0.25, 0.3) is 0 Å². The second kappa shape index (κ2) is 39.5. The van der Waals surface area contributed by atoms with E-state index in [1.165, 1.54) is 0 Å². The molecule has 0 aliphatic carbocycles. The molecule has 0 spiro atoms. The number of esters is 1. The molecule has 2 aliphatic rings. The van der Waals surface area contributed by atoms with Crippen LogP contribution >= 0.6 is 0 Å². The Hall–Kier alpha value is -3.35. The third-order valence-corrected chi connectivity index (χ3v) is 10.8. The van der Waals surface area contributed by atoms with Crippen LogP contribution in [0.3, 0.4) is 0 Å². The summed E-state index contributed by atoms with van der Waals surface area (Å²) in [6.07, 6.45) is 35.9. The number of carbonyl (C=O) groups excluding carboxylic acids is 1. The first kappa shape index (κ1) is 59.8. The molecule has 380 valence electrons. The third kappa shape index (κ3) is 27.4. The number of hydrogen-bond donors (Lipinski definition) is 7. The maximum Gasteiger partial charge on any atom is 0.306 e. The van der Waals surface area contributed by atoms with Crippen molar-refractivity contribution in [2.75, 3.05) is 33.0 Å². The summed E-state index contributed by atoms with van der Waals surface area (Å²) < 4.78 is 34.1. The number of hydrogen-bond acceptors (Lipinski definition) is 14. The van der Waals surface area contributed by atoms with Crippen LogP contribution < -0.4 is 0 Å². The van der Waals surface area contributed by atoms with Crippen LogP contribution in [0.2, 0.25) is 0 Å². The monoisotopic (exact) mass is 945 g/mol. The van der Waals surface area contributed by atoms with Crippen molar-refractivity contribution in [3.8, 4) is 0 Å². The van der Waals surface area contributed by atoms with Crippen LogP contribution in [-0.4, -0.2) is 142 Å². The fraction of sp³-hybridized carbons (Fsp3) is 0.642. The summed E-state index contributed by atoms with van der Waals surface area (Å²) in [7, 11) is 0. The van der Waals surface area contributed by atoms with Crippen LogP contribution in [0.4, 0.5) is 0 Å². The Balaban J connectivity index is 1.84. The molecule has 67 heavy (non-hydrogen) atoms. The molecule has 2 saturated heterocycles. The van der Waals surface area contributed by atoms with Crippen molar-refractivity contribution in [3.63, 3.8) is 0 Å². The van der Waals surface area contributed by atoms with Crippen molar-refractivity contribution >= 4 is 5.97 Å². The number of allylic oxidation sites excluding steroid dienone is 18. The Labute approximate surface area is 400 Å². The van der Waals surface area contributed by atoms with E-state index in [1.807, 2.05) is 0 Å². The van der Waals surface area contributed by atoms with Gasteiger partial charge in [0.2, 0.25) is 0 Å². The Morgan fingerprint density at radius 1 is 0.493 bits per heavy atom. The van der Waals surface area contributed by atoms with Gasteiger partial charge in [-0.15, -0.1) is 0 Å². The second-order valence-electron chi connectivity index (χ2n) is 16.5. The molecule has 0 aromatic heterocycles. The fourth-order valence-corrected chi connectivity index (χ4v) is 6.83. The van der Waals surface area contributed by atoms with Crippen LogP contribution in [-0.2, 0) is 33.2 Å². The predicted molar refractivity (Wildman–Crippen MR) is 261 cm³/mol. The molecule has 11 atom stereocenters. The summed E-state index contributed by atoms with van der Waals surface area (Å²) in [5.74, 6) is -0.438. The Morgan fingerprint density at radius 2 is 0.910 bits per heavy atom. The summed E-state index contributed by atoms with van der Waals surface area (Å²) in [5, 5.41) is 72.1. The quantitative estimate of drug-likeness (QED) is 0.0195. The second-order valence-corrected chi connectivity index (χ2v) is 16.5. The van der Waals surface area contributed by atoms with Gasteiger partial charge in [-0.1, -0.05) is 123 Å². The minimum atomic E-state index is -1.73. The SMILES string of the molecule is CC/C=C\C/C=C\C/C=C\C/C=C\C/C=C\CCCCOCC(COC1OC(COC2OC(CO)C(O)C(O)C2O)C(O)C(O)C1O)OC(=O)CCCC/C=C\C/C=C\C/C=C\C/C=C\CC. The van der Waals surface area contributed by atoms with Gasteiger partial charge in [-0.3, -0.25) is 4.79 Å². The van der Waals surface area contributed by atoms with Crippen molar-refractivity contribution in [2.45, 2.75) is 184 Å². The minimum Gasteiger partial charge on any atom is -0.457 e. The zero-order chi connectivity index (χ0) is 48.7. The standard InChI is InChI=1S/C53H84O14/c1-3-5-7-9-11-13-15-17-19-20-21-23-25-27-29-31-33-35-37-62-39-42(65-45(55)36-34-32-30-28-26-24-22-18-16-14-12-10-8-6-4-2)40-63-52-51(61)49(59)47(57)44(67-52)41-64-53-50(60)48(58)46(56)43(38-54)66-53/h5-8,11-14,17-19,21-23,26-29,42-44,46-54,56-61H,3-4,9-10,15-16,20,24-25,30-41H2,1-2H3/b7-5-,8-6-,13-11-,14-12-,19-17-,22-18-,23-21-,28-26-,29-27-. The maximum absolute atomic E-state index is 13.0. The number of rotatable bonds is 36. The summed E-state index contributed by atoms with van der Waals surface area (Å²) in [6, 6.07) is 0. The first-order chi connectivity index (χ1) is 32.6. The van der Waals surface area contributed by atoms with E-state index in [-0.39, 0.29) is 19.6 Å². The Morgan fingerprint density at radius 3 is 1.39 bits per heavy atom. The van der Waals surface area contributed by atoms with E-state index in [0.29, 0.717) is 13.0 Å². The molecule has 2 aliphatic heterocycles.